The number of anilines is 1. The molecule has 3 N–H and O–H groups in total. The molecule has 0 aromatic heterocycles. The lowest BCUT2D eigenvalue weighted by Gasteiger charge is -2.22. The van der Waals surface area contributed by atoms with E-state index in [1.54, 1.807) is 6.07 Å². The Morgan fingerprint density at radius 1 is 1.06 bits per heavy atom. The van der Waals surface area contributed by atoms with Gasteiger partial charge in [0, 0.05) is 19.0 Å². The summed E-state index contributed by atoms with van der Waals surface area (Å²) in [6, 6.07) is 10.5. The van der Waals surface area contributed by atoms with E-state index < -0.39 is 21.3 Å². The lowest BCUT2D eigenvalue weighted by molar-refractivity contribution is -0.154. The minimum absolute atomic E-state index is 0.0167. The summed E-state index contributed by atoms with van der Waals surface area (Å²) < 4.78 is 44.6. The number of ether oxygens (including phenoxy) is 1. The van der Waals surface area contributed by atoms with Crippen molar-refractivity contribution >= 4 is 39.0 Å². The zero-order chi connectivity index (χ0) is 27.1. The van der Waals surface area contributed by atoms with Crippen molar-refractivity contribution in [3.63, 3.8) is 0 Å². The Morgan fingerprint density at radius 3 is 2.31 bits per heavy atom. The van der Waals surface area contributed by atoms with Gasteiger partial charge in [-0.25, -0.2) is 12.8 Å². The van der Waals surface area contributed by atoms with Crippen molar-refractivity contribution < 1.29 is 22.3 Å². The van der Waals surface area contributed by atoms with Crippen molar-refractivity contribution in [2.24, 2.45) is 11.3 Å². The van der Waals surface area contributed by atoms with E-state index >= 15 is 0 Å². The topological polar surface area (TPSA) is 96.5 Å². The van der Waals surface area contributed by atoms with Gasteiger partial charge in [0.05, 0.1) is 24.0 Å². The highest BCUT2D eigenvalue weighted by molar-refractivity contribution is 7.92. The number of nitrogens with one attached hydrogen (secondary N) is 3. The summed E-state index contributed by atoms with van der Waals surface area (Å²) in [5, 5.41) is 6.56. The van der Waals surface area contributed by atoms with E-state index in [9.17, 15) is 17.6 Å². The van der Waals surface area contributed by atoms with E-state index in [2.05, 4.69) is 47.4 Å². The fourth-order valence-electron chi connectivity index (χ4n) is 3.30. The summed E-state index contributed by atoms with van der Waals surface area (Å²) in [6.45, 7) is 10.6. The van der Waals surface area contributed by atoms with Crippen molar-refractivity contribution in [3.8, 4) is 0 Å². The second-order valence-corrected chi connectivity index (χ2v) is 12.2. The summed E-state index contributed by atoms with van der Waals surface area (Å²) >= 11 is 5.38. The van der Waals surface area contributed by atoms with E-state index in [0.717, 1.165) is 11.8 Å². The van der Waals surface area contributed by atoms with Crippen LogP contribution in [0.25, 0.3) is 0 Å². The van der Waals surface area contributed by atoms with Gasteiger partial charge in [-0.15, -0.1) is 0 Å². The Kier molecular flexibility index (Phi) is 10.2. The Bertz CT molecular complexity index is 1190. The summed E-state index contributed by atoms with van der Waals surface area (Å²) in [7, 11) is -3.57. The molecule has 1 atom stereocenters. The predicted octanol–water partition coefficient (Wildman–Crippen LogP) is 4.23. The molecular weight excluding hydrogens is 501 g/mol. The number of carbonyl (C=O) groups is 1. The largest absolute Gasteiger partial charge is 0.465 e. The summed E-state index contributed by atoms with van der Waals surface area (Å²) in [4.78, 5) is 12.3. The molecule has 0 spiro atoms. The van der Waals surface area contributed by atoms with Crippen LogP contribution in [0.2, 0.25) is 0 Å². The zero-order valence-corrected chi connectivity index (χ0v) is 23.3. The standard InChI is InChI=1S/C26H36FN3O4S2/c1-17-7-8-19(11-18(17)2)12-21(16-34-24(31)26(3,4)5)15-29-25(35)28-14-20-9-10-23(22(27)13-20)30-36(6,32)33/h7-11,13,21,30H,12,14-16H2,1-6H3,(H2,28,29,35)/t21-/m0/s1. The molecule has 0 amide bonds. The summed E-state index contributed by atoms with van der Waals surface area (Å²) in [5.74, 6) is -0.950. The molecule has 0 saturated carbocycles. The maximum absolute atomic E-state index is 14.2. The molecule has 10 heteroatoms. The maximum atomic E-state index is 14.2. The second-order valence-electron chi connectivity index (χ2n) is 10.1. The molecule has 2 aromatic rings. The fourth-order valence-corrected chi connectivity index (χ4v) is 4.02. The van der Waals surface area contributed by atoms with E-state index in [0.29, 0.717) is 23.6 Å². The van der Waals surface area contributed by atoms with Crippen LogP contribution in [-0.4, -0.2) is 38.9 Å². The molecule has 0 aliphatic heterocycles. The minimum Gasteiger partial charge on any atom is -0.465 e. The first-order valence-corrected chi connectivity index (χ1v) is 14.0. The summed E-state index contributed by atoms with van der Waals surface area (Å²) in [5.41, 5.74) is 3.47. The molecule has 36 heavy (non-hydrogen) atoms. The monoisotopic (exact) mass is 537 g/mol. The van der Waals surface area contributed by atoms with E-state index in [1.165, 1.54) is 23.3 Å². The number of halogens is 1. The molecule has 0 fully saturated rings. The molecule has 0 unspecified atom stereocenters. The number of thiocarbonyl (C=S) groups is 1. The highest BCUT2D eigenvalue weighted by atomic mass is 32.2. The van der Waals surface area contributed by atoms with Crippen LogP contribution in [-0.2, 0) is 32.5 Å². The van der Waals surface area contributed by atoms with Gasteiger partial charge in [-0.1, -0.05) is 24.3 Å². The SMILES string of the molecule is Cc1ccc(C[C@@H](CNC(=S)NCc2ccc(NS(C)(=O)=O)c(F)c2)COC(=O)C(C)(C)C)cc1C. The van der Waals surface area contributed by atoms with Gasteiger partial charge in [0.15, 0.2) is 5.11 Å². The quantitative estimate of drug-likeness (QED) is 0.308. The first-order chi connectivity index (χ1) is 16.6. The van der Waals surface area contributed by atoms with Crippen LogP contribution in [0.15, 0.2) is 36.4 Å². The molecular formula is C26H36FN3O4S2. The van der Waals surface area contributed by atoms with Crippen molar-refractivity contribution in [3.05, 3.63) is 64.5 Å². The number of sulfonamides is 1. The molecule has 0 radical (unpaired) electrons. The average Bonchev–Trinajstić information content (AvgIpc) is 2.76. The van der Waals surface area contributed by atoms with Crippen LogP contribution < -0.4 is 15.4 Å². The smallest absolute Gasteiger partial charge is 0.311 e. The molecule has 0 aliphatic carbocycles. The van der Waals surface area contributed by atoms with Crippen LogP contribution in [0.1, 0.15) is 43.0 Å². The first-order valence-electron chi connectivity index (χ1n) is 11.7. The zero-order valence-electron chi connectivity index (χ0n) is 21.7. The Labute approximate surface area is 219 Å². The van der Waals surface area contributed by atoms with Gasteiger partial charge in [0.1, 0.15) is 5.82 Å². The van der Waals surface area contributed by atoms with Gasteiger partial charge in [-0.05, 0) is 87.6 Å². The van der Waals surface area contributed by atoms with Crippen molar-refractivity contribution in [2.45, 2.75) is 47.6 Å². The number of rotatable bonds is 10. The average molecular weight is 538 g/mol. The minimum atomic E-state index is -3.57. The summed E-state index contributed by atoms with van der Waals surface area (Å²) in [6.07, 6.45) is 1.66. The second kappa shape index (κ2) is 12.5. The third-order valence-electron chi connectivity index (χ3n) is 5.49. The third-order valence-corrected chi connectivity index (χ3v) is 6.37. The molecule has 0 saturated heterocycles. The van der Waals surface area contributed by atoms with Gasteiger partial charge < -0.3 is 15.4 Å². The normalized spacial score (nSPS) is 12.5. The Morgan fingerprint density at radius 2 is 1.72 bits per heavy atom. The molecule has 198 valence electrons. The molecule has 2 rings (SSSR count). The molecule has 0 aliphatic rings. The molecule has 0 heterocycles. The van der Waals surface area contributed by atoms with Crippen molar-refractivity contribution in [1.29, 1.82) is 0 Å². The van der Waals surface area contributed by atoms with Crippen molar-refractivity contribution in [2.75, 3.05) is 24.1 Å². The highest BCUT2D eigenvalue weighted by Gasteiger charge is 2.24. The lowest BCUT2D eigenvalue weighted by Crippen LogP contribution is -2.39. The number of benzene rings is 2. The molecule has 2 aromatic carbocycles. The fraction of sp³-hybridized carbons (Fsp3) is 0.462. The van der Waals surface area contributed by atoms with Gasteiger partial charge >= 0.3 is 5.97 Å². The van der Waals surface area contributed by atoms with Gasteiger partial charge in [0.25, 0.3) is 0 Å². The van der Waals surface area contributed by atoms with Crippen LogP contribution in [0, 0.1) is 31.0 Å². The van der Waals surface area contributed by atoms with Crippen LogP contribution in [0.4, 0.5) is 10.1 Å². The molecule has 7 nitrogen and oxygen atoms in total. The molecule has 0 bridgehead atoms. The first kappa shape index (κ1) is 29.5. The van der Waals surface area contributed by atoms with Crippen LogP contribution >= 0.6 is 12.2 Å². The number of hydrogen-bond acceptors (Lipinski definition) is 5. The van der Waals surface area contributed by atoms with Crippen molar-refractivity contribution in [1.82, 2.24) is 10.6 Å². The predicted molar refractivity (Wildman–Crippen MR) is 146 cm³/mol. The van der Waals surface area contributed by atoms with Gasteiger partial charge in [0.2, 0.25) is 10.0 Å². The van der Waals surface area contributed by atoms with Gasteiger partial charge in [-0.2, -0.15) is 0 Å². The third kappa shape index (κ3) is 10.1. The highest BCUT2D eigenvalue weighted by Crippen LogP contribution is 2.19. The maximum Gasteiger partial charge on any atom is 0.311 e. The Balaban J connectivity index is 1.97. The van der Waals surface area contributed by atoms with Crippen LogP contribution in [0.3, 0.4) is 0 Å². The van der Waals surface area contributed by atoms with E-state index in [1.807, 2.05) is 20.8 Å². The lowest BCUT2D eigenvalue weighted by atomic mass is 9.96. The van der Waals surface area contributed by atoms with E-state index in [-0.39, 0.29) is 30.7 Å². The van der Waals surface area contributed by atoms with Gasteiger partial charge in [-0.3, -0.25) is 9.52 Å². The van der Waals surface area contributed by atoms with Crippen LogP contribution in [0.5, 0.6) is 0 Å². The number of hydrogen-bond donors (Lipinski definition) is 3. The number of aryl methyl sites for hydroxylation is 2. The number of esters is 1. The Hall–Kier alpha value is -2.72. The number of carbonyl (C=O) groups excluding carboxylic acids is 1. The van der Waals surface area contributed by atoms with E-state index in [4.69, 9.17) is 17.0 Å².